The monoisotopic (exact) mass is 467 g/mol. The number of carbonyl (C=O) groups excluding carboxylic acids is 1. The van der Waals surface area contributed by atoms with Gasteiger partial charge in [-0.2, -0.15) is 0 Å². The minimum atomic E-state index is -3.74. The Morgan fingerprint density at radius 3 is 2.39 bits per heavy atom. The number of hydrogen-bond donors (Lipinski definition) is 3. The van der Waals surface area contributed by atoms with Gasteiger partial charge in [-0.25, -0.2) is 13.1 Å². The quantitative estimate of drug-likeness (QED) is 0.237. The molecule has 0 radical (unpaired) electrons. The molecule has 33 heavy (non-hydrogen) atoms. The minimum absolute atomic E-state index is 0.0234. The van der Waals surface area contributed by atoms with Gasteiger partial charge in [0.15, 0.2) is 0 Å². The van der Waals surface area contributed by atoms with Crippen LogP contribution < -0.4 is 10.0 Å². The third-order valence-corrected chi connectivity index (χ3v) is 6.23. The summed E-state index contributed by atoms with van der Waals surface area (Å²) in [4.78, 5) is 26.0. The van der Waals surface area contributed by atoms with Crippen molar-refractivity contribution in [3.63, 3.8) is 0 Å². The van der Waals surface area contributed by atoms with Crippen LogP contribution in [-0.4, -0.2) is 38.0 Å². The average Bonchev–Trinajstić information content (AvgIpc) is 2.81. The number of sulfonamides is 1. The second-order valence-corrected chi connectivity index (χ2v) is 8.98. The number of hydrogen-bond acceptors (Lipinski definition) is 5. The van der Waals surface area contributed by atoms with E-state index in [-0.39, 0.29) is 30.0 Å². The predicted molar refractivity (Wildman–Crippen MR) is 122 cm³/mol. The summed E-state index contributed by atoms with van der Waals surface area (Å²) >= 11 is 0. The standard InChI is InChI=1S/C22H21N5O5S/c23-27-24-14-19(12-21(28)29)26-22(30)17-7-5-15(6-8-17)13-25-33(31,32)20-10-9-16-3-1-2-4-18(16)11-20/h1-11,19,25H,12-14H2,(H,26,30)(H,28,29)/t19-/m0/s1. The first-order valence-corrected chi connectivity index (χ1v) is 11.4. The third-order valence-electron chi connectivity index (χ3n) is 4.84. The van der Waals surface area contributed by atoms with Crippen molar-refractivity contribution in [2.24, 2.45) is 5.11 Å². The van der Waals surface area contributed by atoms with Crippen molar-refractivity contribution >= 4 is 32.7 Å². The molecule has 0 aliphatic heterocycles. The van der Waals surface area contributed by atoms with Crippen molar-refractivity contribution in [2.75, 3.05) is 6.54 Å². The van der Waals surface area contributed by atoms with E-state index >= 15 is 0 Å². The molecule has 170 valence electrons. The number of carboxylic acids is 1. The second kappa shape index (κ2) is 10.6. The SMILES string of the molecule is [N-]=[N+]=NC[C@H](CC(=O)O)NC(=O)c1ccc(CNS(=O)(=O)c2ccc3ccccc3c2)cc1. The zero-order valence-electron chi connectivity index (χ0n) is 17.4. The van der Waals surface area contributed by atoms with E-state index in [1.807, 2.05) is 24.3 Å². The lowest BCUT2D eigenvalue weighted by atomic mass is 10.1. The highest BCUT2D eigenvalue weighted by molar-refractivity contribution is 7.89. The average molecular weight is 468 g/mol. The highest BCUT2D eigenvalue weighted by Crippen LogP contribution is 2.19. The van der Waals surface area contributed by atoms with Gasteiger partial charge < -0.3 is 10.4 Å². The van der Waals surface area contributed by atoms with Crippen LogP contribution in [0.2, 0.25) is 0 Å². The number of nitrogens with one attached hydrogen (secondary N) is 2. The maximum Gasteiger partial charge on any atom is 0.305 e. The number of rotatable bonds is 10. The molecule has 0 saturated heterocycles. The van der Waals surface area contributed by atoms with Crippen LogP contribution in [0.3, 0.4) is 0 Å². The number of carboxylic acid groups (broad SMARTS) is 1. The van der Waals surface area contributed by atoms with Crippen LogP contribution in [0.25, 0.3) is 21.2 Å². The number of azide groups is 1. The van der Waals surface area contributed by atoms with Gasteiger partial charge in [0.1, 0.15) is 0 Å². The lowest BCUT2D eigenvalue weighted by Gasteiger charge is -2.14. The first-order chi connectivity index (χ1) is 15.8. The fourth-order valence-electron chi connectivity index (χ4n) is 3.15. The van der Waals surface area contributed by atoms with E-state index in [4.69, 9.17) is 10.6 Å². The number of aliphatic carboxylic acids is 1. The molecular weight excluding hydrogens is 446 g/mol. The van der Waals surface area contributed by atoms with Crippen molar-refractivity contribution in [1.82, 2.24) is 10.0 Å². The van der Waals surface area contributed by atoms with E-state index in [1.54, 1.807) is 30.3 Å². The van der Waals surface area contributed by atoms with Gasteiger partial charge in [-0.05, 0) is 46.1 Å². The Bertz CT molecular complexity index is 1310. The summed E-state index contributed by atoms with van der Waals surface area (Å²) < 4.78 is 27.9. The third kappa shape index (κ3) is 6.53. The molecule has 3 aromatic carbocycles. The number of nitrogens with zero attached hydrogens (tertiary/aromatic N) is 3. The summed E-state index contributed by atoms with van der Waals surface area (Å²) in [6.07, 6.45) is -0.389. The normalized spacial score (nSPS) is 12.0. The first kappa shape index (κ1) is 23.7. The van der Waals surface area contributed by atoms with Crippen LogP contribution in [0.5, 0.6) is 0 Å². The number of carbonyl (C=O) groups is 2. The van der Waals surface area contributed by atoms with Crippen molar-refractivity contribution in [2.45, 2.75) is 23.9 Å². The molecule has 0 bridgehead atoms. The zero-order valence-corrected chi connectivity index (χ0v) is 18.2. The van der Waals surface area contributed by atoms with E-state index < -0.39 is 27.9 Å². The number of fused-ring (bicyclic) bond motifs is 1. The molecule has 0 unspecified atom stereocenters. The van der Waals surface area contributed by atoms with Crippen LogP contribution >= 0.6 is 0 Å². The fraction of sp³-hybridized carbons (Fsp3) is 0.182. The molecule has 0 heterocycles. The Hall–Kier alpha value is -3.92. The molecule has 11 heteroatoms. The van der Waals surface area contributed by atoms with E-state index in [9.17, 15) is 18.0 Å². The van der Waals surface area contributed by atoms with Gasteiger partial charge >= 0.3 is 5.97 Å². The highest BCUT2D eigenvalue weighted by atomic mass is 32.2. The Labute approximate surface area is 189 Å². The lowest BCUT2D eigenvalue weighted by Crippen LogP contribution is -2.38. The molecule has 0 saturated carbocycles. The van der Waals surface area contributed by atoms with Crippen LogP contribution in [0.4, 0.5) is 0 Å². The predicted octanol–water partition coefficient (Wildman–Crippen LogP) is 3.20. The Kier molecular flexibility index (Phi) is 7.62. The number of benzene rings is 3. The Balaban J connectivity index is 1.64. The highest BCUT2D eigenvalue weighted by Gasteiger charge is 2.17. The molecule has 3 rings (SSSR count). The number of amides is 1. The molecule has 1 atom stereocenters. The van der Waals surface area contributed by atoms with Gasteiger partial charge in [0.2, 0.25) is 10.0 Å². The van der Waals surface area contributed by atoms with E-state index in [2.05, 4.69) is 20.1 Å². The first-order valence-electron chi connectivity index (χ1n) is 9.89. The van der Waals surface area contributed by atoms with Crippen molar-refractivity contribution in [3.8, 4) is 0 Å². The van der Waals surface area contributed by atoms with Crippen LogP contribution in [0.15, 0.2) is 76.7 Å². The molecule has 0 aromatic heterocycles. The Morgan fingerprint density at radius 1 is 1.03 bits per heavy atom. The van der Waals surface area contributed by atoms with E-state index in [0.29, 0.717) is 5.56 Å². The molecule has 3 aromatic rings. The second-order valence-electron chi connectivity index (χ2n) is 7.21. The van der Waals surface area contributed by atoms with Crippen LogP contribution in [0, 0.1) is 0 Å². The molecule has 0 spiro atoms. The molecule has 0 aliphatic rings. The molecule has 10 nitrogen and oxygen atoms in total. The van der Waals surface area contributed by atoms with E-state index in [1.165, 1.54) is 12.1 Å². The lowest BCUT2D eigenvalue weighted by molar-refractivity contribution is -0.137. The van der Waals surface area contributed by atoms with Crippen LogP contribution in [0.1, 0.15) is 22.3 Å². The summed E-state index contributed by atoms with van der Waals surface area (Å²) in [5.74, 6) is -1.67. The zero-order chi connectivity index (χ0) is 23.8. The fourth-order valence-corrected chi connectivity index (χ4v) is 4.20. The largest absolute Gasteiger partial charge is 0.481 e. The summed E-state index contributed by atoms with van der Waals surface area (Å²) in [6.45, 7) is -0.168. The summed E-state index contributed by atoms with van der Waals surface area (Å²) in [6, 6.07) is 17.7. The van der Waals surface area contributed by atoms with Gasteiger partial charge in [0.25, 0.3) is 5.91 Å². The van der Waals surface area contributed by atoms with Gasteiger partial charge in [0, 0.05) is 29.6 Å². The van der Waals surface area contributed by atoms with Gasteiger partial charge in [0.05, 0.1) is 11.3 Å². The smallest absolute Gasteiger partial charge is 0.305 e. The molecular formula is C22H21N5O5S. The van der Waals surface area contributed by atoms with Crippen molar-refractivity contribution in [1.29, 1.82) is 0 Å². The molecule has 0 aliphatic carbocycles. The molecule has 0 fully saturated rings. The van der Waals surface area contributed by atoms with Crippen molar-refractivity contribution < 1.29 is 23.1 Å². The van der Waals surface area contributed by atoms with E-state index in [0.717, 1.165) is 10.8 Å². The summed E-state index contributed by atoms with van der Waals surface area (Å²) in [5.41, 5.74) is 9.30. The molecule has 1 amide bonds. The topological polar surface area (TPSA) is 161 Å². The maximum atomic E-state index is 12.7. The Morgan fingerprint density at radius 2 is 1.73 bits per heavy atom. The van der Waals surface area contributed by atoms with Crippen molar-refractivity contribution in [3.05, 3.63) is 88.3 Å². The maximum absolute atomic E-state index is 12.7. The summed E-state index contributed by atoms with van der Waals surface area (Å²) in [5, 5.41) is 16.5. The van der Waals surface area contributed by atoms with Crippen LogP contribution in [-0.2, 0) is 21.4 Å². The van der Waals surface area contributed by atoms with Gasteiger partial charge in [-0.15, -0.1) is 0 Å². The minimum Gasteiger partial charge on any atom is -0.481 e. The molecule has 3 N–H and O–H groups in total. The summed E-state index contributed by atoms with van der Waals surface area (Å²) in [7, 11) is -3.74. The van der Waals surface area contributed by atoms with Gasteiger partial charge in [-0.3, -0.25) is 9.59 Å². The van der Waals surface area contributed by atoms with Gasteiger partial charge in [-0.1, -0.05) is 47.6 Å².